The zero-order valence-electron chi connectivity index (χ0n) is 11.8. The Hall–Kier alpha value is -1.04. The number of aliphatic hydroxyl groups excluding tert-OH is 1. The van der Waals surface area contributed by atoms with Gasteiger partial charge in [0, 0.05) is 37.1 Å². The molecule has 1 fully saturated rings. The summed E-state index contributed by atoms with van der Waals surface area (Å²) in [6.45, 7) is 3.27. The second-order valence-electron chi connectivity index (χ2n) is 5.12. The lowest BCUT2D eigenvalue weighted by atomic mass is 10.1. The molecule has 0 spiro atoms. The van der Waals surface area contributed by atoms with Gasteiger partial charge in [0.05, 0.1) is 6.10 Å². The topological polar surface area (TPSA) is 61.4 Å². The van der Waals surface area contributed by atoms with Crippen molar-refractivity contribution >= 4 is 17.7 Å². The average molecular weight is 294 g/mol. The van der Waals surface area contributed by atoms with Crippen molar-refractivity contribution < 1.29 is 9.90 Å². The molecule has 2 rings (SSSR count). The van der Waals surface area contributed by atoms with E-state index in [1.807, 2.05) is 36.0 Å². The smallest absolute Gasteiger partial charge is 0.221 e. The van der Waals surface area contributed by atoms with Crippen molar-refractivity contribution in [2.24, 2.45) is 0 Å². The van der Waals surface area contributed by atoms with Crippen molar-refractivity contribution in [3.8, 4) is 0 Å². The highest BCUT2D eigenvalue weighted by Crippen LogP contribution is 2.13. The van der Waals surface area contributed by atoms with Crippen LogP contribution in [0.4, 0.5) is 0 Å². The molecule has 5 heteroatoms. The molecule has 110 valence electrons. The average Bonchev–Trinajstić information content (AvgIpc) is 2.46. The predicted octanol–water partition coefficient (Wildman–Crippen LogP) is 1.45. The van der Waals surface area contributed by atoms with E-state index >= 15 is 0 Å². The summed E-state index contributed by atoms with van der Waals surface area (Å²) < 4.78 is 0. The van der Waals surface area contributed by atoms with Crippen LogP contribution in [0.15, 0.2) is 24.3 Å². The van der Waals surface area contributed by atoms with Crippen LogP contribution in [0.3, 0.4) is 0 Å². The predicted molar refractivity (Wildman–Crippen MR) is 82.7 cm³/mol. The molecule has 1 aromatic rings. The number of hydrogen-bond acceptors (Lipinski definition) is 4. The molecule has 0 aliphatic carbocycles. The van der Waals surface area contributed by atoms with Crippen molar-refractivity contribution in [2.75, 3.05) is 18.1 Å². The monoisotopic (exact) mass is 294 g/mol. The molecule has 3 N–H and O–H groups in total. The summed E-state index contributed by atoms with van der Waals surface area (Å²) in [5.74, 6) is 2.23. The lowest BCUT2D eigenvalue weighted by molar-refractivity contribution is -0.121. The Morgan fingerprint density at radius 2 is 2.25 bits per heavy atom. The number of rotatable bonds is 5. The van der Waals surface area contributed by atoms with E-state index in [2.05, 4.69) is 10.6 Å². The van der Waals surface area contributed by atoms with E-state index < -0.39 is 6.10 Å². The summed E-state index contributed by atoms with van der Waals surface area (Å²) in [5.41, 5.74) is 1.94. The highest BCUT2D eigenvalue weighted by molar-refractivity contribution is 7.99. The Bertz CT molecular complexity index is 428. The van der Waals surface area contributed by atoms with E-state index in [1.165, 1.54) is 0 Å². The Balaban J connectivity index is 1.74. The van der Waals surface area contributed by atoms with Gasteiger partial charge in [-0.25, -0.2) is 0 Å². The van der Waals surface area contributed by atoms with Crippen LogP contribution in [0.25, 0.3) is 0 Å². The fourth-order valence-corrected chi connectivity index (χ4v) is 3.11. The first kappa shape index (κ1) is 15.4. The number of benzene rings is 1. The largest absolute Gasteiger partial charge is 0.389 e. The molecule has 4 nitrogen and oxygen atoms in total. The third-order valence-electron chi connectivity index (χ3n) is 3.38. The summed E-state index contributed by atoms with van der Waals surface area (Å²) in [5, 5.41) is 15.7. The van der Waals surface area contributed by atoms with Crippen LogP contribution in [-0.4, -0.2) is 35.1 Å². The van der Waals surface area contributed by atoms with E-state index in [9.17, 15) is 9.90 Å². The van der Waals surface area contributed by atoms with Gasteiger partial charge in [-0.05, 0) is 18.1 Å². The Labute approximate surface area is 124 Å². The molecule has 0 aromatic heterocycles. The van der Waals surface area contributed by atoms with Gasteiger partial charge in [-0.15, -0.1) is 0 Å². The molecular weight excluding hydrogens is 272 g/mol. The van der Waals surface area contributed by atoms with Crippen LogP contribution in [-0.2, 0) is 11.3 Å². The maximum Gasteiger partial charge on any atom is 0.221 e. The Morgan fingerprint density at radius 3 is 2.85 bits per heavy atom. The van der Waals surface area contributed by atoms with Gasteiger partial charge in [-0.2, -0.15) is 11.8 Å². The Morgan fingerprint density at radius 1 is 1.50 bits per heavy atom. The van der Waals surface area contributed by atoms with Crippen LogP contribution >= 0.6 is 11.8 Å². The highest BCUT2D eigenvalue weighted by Gasteiger charge is 2.16. The minimum Gasteiger partial charge on any atom is -0.389 e. The first-order valence-electron chi connectivity index (χ1n) is 7.00. The number of carbonyl (C=O) groups is 1. The molecule has 0 bridgehead atoms. The summed E-state index contributed by atoms with van der Waals surface area (Å²) in [4.78, 5) is 11.9. The fraction of sp³-hybridized carbons (Fsp3) is 0.533. The normalized spacial score (nSPS) is 20.4. The molecule has 0 saturated carbocycles. The van der Waals surface area contributed by atoms with Gasteiger partial charge < -0.3 is 15.7 Å². The number of thioether (sulfide) groups is 1. The molecule has 2 atom stereocenters. The van der Waals surface area contributed by atoms with Crippen LogP contribution in [0.1, 0.15) is 30.6 Å². The molecule has 1 heterocycles. The maximum atomic E-state index is 11.9. The van der Waals surface area contributed by atoms with Gasteiger partial charge in [0.2, 0.25) is 5.91 Å². The van der Waals surface area contributed by atoms with E-state index in [-0.39, 0.29) is 5.91 Å². The van der Waals surface area contributed by atoms with Crippen molar-refractivity contribution in [3.05, 3.63) is 35.4 Å². The van der Waals surface area contributed by atoms with Gasteiger partial charge in [0.15, 0.2) is 0 Å². The minimum absolute atomic E-state index is 0.0876. The molecule has 20 heavy (non-hydrogen) atoms. The Kier molecular flexibility index (Phi) is 5.88. The maximum absolute atomic E-state index is 11.9. The second kappa shape index (κ2) is 7.67. The van der Waals surface area contributed by atoms with Crippen LogP contribution in [0.5, 0.6) is 0 Å². The van der Waals surface area contributed by atoms with E-state index in [1.54, 1.807) is 6.92 Å². The molecule has 1 saturated heterocycles. The van der Waals surface area contributed by atoms with E-state index in [0.717, 1.165) is 29.2 Å². The van der Waals surface area contributed by atoms with Gasteiger partial charge in [-0.3, -0.25) is 4.79 Å². The number of nitrogens with one attached hydrogen (secondary N) is 2. The molecule has 2 unspecified atom stereocenters. The number of amides is 1. The molecule has 1 aromatic carbocycles. The summed E-state index contributed by atoms with van der Waals surface area (Å²) in [6.07, 6.45) is 0.0900. The van der Waals surface area contributed by atoms with Crippen molar-refractivity contribution in [1.29, 1.82) is 0 Å². The molecule has 1 amide bonds. The van der Waals surface area contributed by atoms with E-state index in [0.29, 0.717) is 19.0 Å². The van der Waals surface area contributed by atoms with Crippen molar-refractivity contribution in [1.82, 2.24) is 10.6 Å². The molecule has 0 radical (unpaired) electrons. The molecule has 1 aliphatic heterocycles. The molecule has 1 aliphatic rings. The van der Waals surface area contributed by atoms with E-state index in [4.69, 9.17) is 0 Å². The number of carbonyl (C=O) groups excluding carboxylic acids is 1. The van der Waals surface area contributed by atoms with Crippen molar-refractivity contribution in [3.63, 3.8) is 0 Å². The first-order valence-corrected chi connectivity index (χ1v) is 8.15. The lowest BCUT2D eigenvalue weighted by Crippen LogP contribution is -2.41. The lowest BCUT2D eigenvalue weighted by Gasteiger charge is -2.22. The third kappa shape index (κ3) is 4.81. The molecular formula is C15H22N2O2S. The quantitative estimate of drug-likeness (QED) is 0.769. The van der Waals surface area contributed by atoms with Crippen LogP contribution in [0.2, 0.25) is 0 Å². The number of hydrogen-bond donors (Lipinski definition) is 3. The summed E-state index contributed by atoms with van der Waals surface area (Å²) in [6, 6.07) is 7.97. The van der Waals surface area contributed by atoms with Gasteiger partial charge in [-0.1, -0.05) is 24.3 Å². The van der Waals surface area contributed by atoms with Gasteiger partial charge in [0.25, 0.3) is 0 Å². The standard InChI is InChI=1S/C15H22N2O2S/c1-11(18)13-4-2-12(3-5-13)9-17-15(19)8-14-10-20-7-6-16-14/h2-5,11,14,16,18H,6-10H2,1H3,(H,17,19). The SMILES string of the molecule is CC(O)c1ccc(CNC(=O)CC2CSCCN2)cc1. The highest BCUT2D eigenvalue weighted by atomic mass is 32.2. The van der Waals surface area contributed by atoms with Crippen LogP contribution < -0.4 is 10.6 Å². The minimum atomic E-state index is -0.450. The van der Waals surface area contributed by atoms with Crippen molar-refractivity contribution in [2.45, 2.75) is 32.0 Å². The fourth-order valence-electron chi connectivity index (χ4n) is 2.16. The summed E-state index contributed by atoms with van der Waals surface area (Å²) >= 11 is 1.90. The third-order valence-corrected chi connectivity index (χ3v) is 4.51. The number of aliphatic hydroxyl groups is 1. The zero-order valence-corrected chi connectivity index (χ0v) is 12.6. The summed E-state index contributed by atoms with van der Waals surface area (Å²) in [7, 11) is 0. The van der Waals surface area contributed by atoms with Crippen LogP contribution in [0, 0.1) is 0 Å². The zero-order chi connectivity index (χ0) is 14.4. The van der Waals surface area contributed by atoms with Gasteiger partial charge >= 0.3 is 0 Å². The first-order chi connectivity index (χ1) is 9.65. The second-order valence-corrected chi connectivity index (χ2v) is 6.27. The van der Waals surface area contributed by atoms with Gasteiger partial charge in [0.1, 0.15) is 0 Å².